The summed E-state index contributed by atoms with van der Waals surface area (Å²) in [6.07, 6.45) is 4.83. The molecule has 1 saturated heterocycles. The predicted octanol–water partition coefficient (Wildman–Crippen LogP) is 2.94. The Morgan fingerprint density at radius 1 is 1.27 bits per heavy atom. The minimum atomic E-state index is -0.220. The number of fused-ring (bicyclic) bond motifs is 1. The van der Waals surface area contributed by atoms with Gasteiger partial charge in [0.1, 0.15) is 17.2 Å². The summed E-state index contributed by atoms with van der Waals surface area (Å²) in [6, 6.07) is 7.73. The fourth-order valence-electron chi connectivity index (χ4n) is 4.16. The average molecular weight is 447 g/mol. The Morgan fingerprint density at radius 2 is 2.06 bits per heavy atom. The standard InChI is InChI=1S/C25H26N4O4/c1-25(7-8-25)33-23-22-18(15-26)5-6-19(22)27-21(28-23)14-16-3-4-17(13-20(16)31-2)24(30)29-9-11-32-12-10-29/h3-5,13H,6-12,14H2,1-2H3. The number of amides is 1. The third-order valence-electron chi connectivity index (χ3n) is 6.36. The Bertz CT molecular complexity index is 1170. The van der Waals surface area contributed by atoms with Crippen LogP contribution in [0.2, 0.25) is 0 Å². The molecule has 2 aliphatic carbocycles. The maximum atomic E-state index is 12.8. The number of nitriles is 1. The number of allylic oxidation sites excluding steroid dienone is 2. The van der Waals surface area contributed by atoms with E-state index >= 15 is 0 Å². The fraction of sp³-hybridized carbons (Fsp3) is 0.440. The zero-order chi connectivity index (χ0) is 23.0. The Morgan fingerprint density at radius 3 is 2.76 bits per heavy atom. The molecule has 0 N–H and O–H groups in total. The number of aromatic nitrogens is 2. The van der Waals surface area contributed by atoms with Crippen LogP contribution in [0.1, 0.15) is 52.8 Å². The first kappa shape index (κ1) is 21.4. The van der Waals surface area contributed by atoms with Gasteiger partial charge in [0.05, 0.1) is 43.2 Å². The van der Waals surface area contributed by atoms with Gasteiger partial charge in [-0.2, -0.15) is 10.2 Å². The Hall–Kier alpha value is -3.44. The first-order chi connectivity index (χ1) is 16.0. The molecule has 0 atom stereocenters. The van der Waals surface area contributed by atoms with Crippen molar-refractivity contribution >= 4 is 11.5 Å². The number of rotatable bonds is 6. The Balaban J connectivity index is 1.42. The lowest BCUT2D eigenvalue weighted by atomic mass is 10.1. The maximum Gasteiger partial charge on any atom is 0.254 e. The van der Waals surface area contributed by atoms with Gasteiger partial charge < -0.3 is 19.1 Å². The van der Waals surface area contributed by atoms with Crippen LogP contribution in [0.15, 0.2) is 24.3 Å². The second kappa shape index (κ2) is 8.49. The van der Waals surface area contributed by atoms with Crippen LogP contribution >= 0.6 is 0 Å². The first-order valence-corrected chi connectivity index (χ1v) is 11.2. The smallest absolute Gasteiger partial charge is 0.254 e. The van der Waals surface area contributed by atoms with E-state index in [0.29, 0.717) is 73.3 Å². The van der Waals surface area contributed by atoms with Crippen molar-refractivity contribution in [3.63, 3.8) is 0 Å². The second-order valence-electron chi connectivity index (χ2n) is 8.86. The molecule has 5 rings (SSSR count). The van der Waals surface area contributed by atoms with Crippen LogP contribution < -0.4 is 9.47 Å². The van der Waals surface area contributed by atoms with Gasteiger partial charge in [-0.3, -0.25) is 4.79 Å². The van der Waals surface area contributed by atoms with Gasteiger partial charge in [-0.25, -0.2) is 4.98 Å². The van der Waals surface area contributed by atoms with Gasteiger partial charge in [-0.05, 0) is 31.9 Å². The fourth-order valence-corrected chi connectivity index (χ4v) is 4.16. The molecule has 0 bridgehead atoms. The summed E-state index contributed by atoms with van der Waals surface area (Å²) in [7, 11) is 1.59. The monoisotopic (exact) mass is 446 g/mol. The highest BCUT2D eigenvalue weighted by Gasteiger charge is 2.42. The molecule has 33 heavy (non-hydrogen) atoms. The van der Waals surface area contributed by atoms with Crippen molar-refractivity contribution in [2.24, 2.45) is 0 Å². The molecule has 1 saturated carbocycles. The normalized spacial score (nSPS) is 18.2. The molecule has 1 aliphatic heterocycles. The Kier molecular flexibility index (Phi) is 5.51. The third-order valence-corrected chi connectivity index (χ3v) is 6.36. The number of hydrogen-bond donors (Lipinski definition) is 0. The predicted molar refractivity (Wildman–Crippen MR) is 120 cm³/mol. The minimum absolute atomic E-state index is 0.0274. The van der Waals surface area contributed by atoms with Crippen LogP contribution in [0.4, 0.5) is 0 Å². The molecule has 0 radical (unpaired) electrons. The van der Waals surface area contributed by atoms with E-state index in [9.17, 15) is 10.1 Å². The quantitative estimate of drug-likeness (QED) is 0.673. The molecule has 8 heteroatoms. The molecule has 1 aromatic carbocycles. The van der Waals surface area contributed by atoms with Crippen LogP contribution in [0.3, 0.4) is 0 Å². The van der Waals surface area contributed by atoms with E-state index in [1.165, 1.54) is 0 Å². The molecule has 3 aliphatic rings. The number of benzene rings is 1. The summed E-state index contributed by atoms with van der Waals surface area (Å²) >= 11 is 0. The van der Waals surface area contributed by atoms with E-state index in [-0.39, 0.29) is 11.5 Å². The van der Waals surface area contributed by atoms with Gasteiger partial charge in [0.2, 0.25) is 5.88 Å². The van der Waals surface area contributed by atoms with Crippen molar-refractivity contribution in [3.8, 4) is 17.7 Å². The number of carbonyl (C=O) groups excluding carboxylic acids is 1. The van der Waals surface area contributed by atoms with Crippen molar-refractivity contribution in [2.75, 3.05) is 33.4 Å². The summed E-state index contributed by atoms with van der Waals surface area (Å²) in [5.41, 5.74) is 3.34. The van der Waals surface area contributed by atoms with Gasteiger partial charge in [-0.1, -0.05) is 12.1 Å². The number of carbonyl (C=O) groups is 1. The molecular weight excluding hydrogens is 420 g/mol. The lowest BCUT2D eigenvalue weighted by molar-refractivity contribution is 0.0302. The summed E-state index contributed by atoms with van der Waals surface area (Å²) in [5.74, 6) is 1.68. The molecule has 0 unspecified atom stereocenters. The van der Waals surface area contributed by atoms with Crippen molar-refractivity contribution in [2.45, 2.75) is 38.2 Å². The van der Waals surface area contributed by atoms with E-state index in [1.807, 2.05) is 18.2 Å². The molecule has 170 valence electrons. The molecule has 2 fully saturated rings. The highest BCUT2D eigenvalue weighted by molar-refractivity contribution is 5.94. The van der Waals surface area contributed by atoms with E-state index in [1.54, 1.807) is 18.1 Å². The Labute approximate surface area is 192 Å². The van der Waals surface area contributed by atoms with Crippen LogP contribution in [-0.2, 0) is 17.6 Å². The topological polar surface area (TPSA) is 97.6 Å². The summed E-state index contributed by atoms with van der Waals surface area (Å²) in [6.45, 7) is 4.35. The highest BCUT2D eigenvalue weighted by Crippen LogP contribution is 2.42. The number of nitrogens with zero attached hydrogens (tertiary/aromatic N) is 4. The van der Waals surface area contributed by atoms with Gasteiger partial charge in [0.15, 0.2) is 0 Å². The molecule has 2 heterocycles. The zero-order valence-electron chi connectivity index (χ0n) is 18.9. The molecular formula is C25H26N4O4. The second-order valence-corrected chi connectivity index (χ2v) is 8.86. The van der Waals surface area contributed by atoms with E-state index in [0.717, 1.165) is 24.1 Å². The summed E-state index contributed by atoms with van der Waals surface area (Å²) in [5, 5.41) is 9.51. The number of hydrogen-bond acceptors (Lipinski definition) is 7. The zero-order valence-corrected chi connectivity index (χ0v) is 18.9. The number of methoxy groups -OCH3 is 1. The average Bonchev–Trinajstić information content (AvgIpc) is 3.41. The number of ether oxygens (including phenoxy) is 3. The third kappa shape index (κ3) is 4.29. The van der Waals surface area contributed by atoms with Gasteiger partial charge >= 0.3 is 0 Å². The lowest BCUT2D eigenvalue weighted by Crippen LogP contribution is -2.40. The van der Waals surface area contributed by atoms with Crippen LogP contribution in [0, 0.1) is 11.3 Å². The minimum Gasteiger partial charge on any atom is -0.496 e. The summed E-state index contributed by atoms with van der Waals surface area (Å²) < 4.78 is 17.2. The van der Waals surface area contributed by atoms with E-state index < -0.39 is 0 Å². The molecule has 2 aromatic rings. The van der Waals surface area contributed by atoms with Crippen LogP contribution in [0.25, 0.3) is 5.57 Å². The van der Waals surface area contributed by atoms with Crippen molar-refractivity contribution < 1.29 is 19.0 Å². The van der Waals surface area contributed by atoms with Crippen molar-refractivity contribution in [3.05, 3.63) is 52.5 Å². The first-order valence-electron chi connectivity index (χ1n) is 11.2. The van der Waals surface area contributed by atoms with Crippen molar-refractivity contribution in [1.29, 1.82) is 5.26 Å². The molecule has 1 aromatic heterocycles. The SMILES string of the molecule is COc1cc(C(=O)N2CCOCC2)ccc1Cc1nc2c(c(OC3(C)CC3)n1)C(C#N)=CC2. The maximum absolute atomic E-state index is 12.8. The molecule has 1 amide bonds. The molecule has 0 spiro atoms. The van der Waals surface area contributed by atoms with Crippen molar-refractivity contribution in [1.82, 2.24) is 14.9 Å². The highest BCUT2D eigenvalue weighted by atomic mass is 16.5. The lowest BCUT2D eigenvalue weighted by Gasteiger charge is -2.27. The van der Waals surface area contributed by atoms with Crippen LogP contribution in [0.5, 0.6) is 11.6 Å². The number of morpholine rings is 1. The van der Waals surface area contributed by atoms with Crippen LogP contribution in [-0.4, -0.2) is 59.8 Å². The largest absolute Gasteiger partial charge is 0.496 e. The summed E-state index contributed by atoms with van der Waals surface area (Å²) in [4.78, 5) is 24.1. The van der Waals surface area contributed by atoms with E-state index in [4.69, 9.17) is 24.2 Å². The van der Waals surface area contributed by atoms with Gasteiger partial charge in [0.25, 0.3) is 5.91 Å². The molecule has 8 nitrogen and oxygen atoms in total. The van der Waals surface area contributed by atoms with E-state index in [2.05, 4.69) is 13.0 Å². The van der Waals surface area contributed by atoms with Gasteiger partial charge in [-0.15, -0.1) is 0 Å². The van der Waals surface area contributed by atoms with Gasteiger partial charge in [0, 0.05) is 37.1 Å².